The van der Waals surface area contributed by atoms with Gasteiger partial charge in [0.15, 0.2) is 5.82 Å². The Labute approximate surface area is 176 Å². The van der Waals surface area contributed by atoms with E-state index >= 15 is 0 Å². The van der Waals surface area contributed by atoms with Gasteiger partial charge in [0, 0.05) is 23.9 Å². The lowest BCUT2D eigenvalue weighted by molar-refractivity contribution is 0.364. The Morgan fingerprint density at radius 2 is 1.87 bits per heavy atom. The Bertz CT molecular complexity index is 1310. The summed E-state index contributed by atoms with van der Waals surface area (Å²) in [5.74, 6) is 2.16. The fraction of sp³-hybridized carbons (Fsp3) is 0.238. The van der Waals surface area contributed by atoms with Crippen molar-refractivity contribution in [1.82, 2.24) is 19.7 Å². The summed E-state index contributed by atoms with van der Waals surface area (Å²) in [6, 6.07) is 11.8. The lowest BCUT2D eigenvalue weighted by Gasteiger charge is -2.08. The minimum absolute atomic E-state index is 0.117. The molecule has 0 spiro atoms. The molecule has 0 amide bonds. The van der Waals surface area contributed by atoms with Crippen LogP contribution in [0.3, 0.4) is 0 Å². The first-order chi connectivity index (χ1) is 14.4. The van der Waals surface area contributed by atoms with Crippen LogP contribution in [0.5, 0.6) is 11.5 Å². The molecule has 0 fully saturated rings. The molecular formula is C21H19ClN4O4. The molecule has 2 aromatic carbocycles. The first kappa shape index (κ1) is 19.9. The number of rotatable bonds is 6. The third-order valence-electron chi connectivity index (χ3n) is 4.55. The van der Waals surface area contributed by atoms with E-state index in [4.69, 9.17) is 20.9 Å². The second-order valence-electron chi connectivity index (χ2n) is 7.10. The summed E-state index contributed by atoms with van der Waals surface area (Å²) >= 11 is 5.89. The van der Waals surface area contributed by atoms with Crippen molar-refractivity contribution in [3.63, 3.8) is 0 Å². The maximum atomic E-state index is 12.9. The van der Waals surface area contributed by atoms with Crippen LogP contribution < -0.4 is 16.0 Å². The molecule has 9 heteroatoms. The van der Waals surface area contributed by atoms with E-state index in [2.05, 4.69) is 15.1 Å². The van der Waals surface area contributed by atoms with Crippen LogP contribution in [0, 0.1) is 0 Å². The average molecular weight is 427 g/mol. The predicted octanol–water partition coefficient (Wildman–Crippen LogP) is 3.88. The molecule has 0 unspecified atom stereocenters. The highest BCUT2D eigenvalue weighted by atomic mass is 35.5. The van der Waals surface area contributed by atoms with Crippen LogP contribution in [0.25, 0.3) is 10.9 Å². The van der Waals surface area contributed by atoms with Crippen molar-refractivity contribution >= 4 is 22.5 Å². The Morgan fingerprint density at radius 1 is 1.13 bits per heavy atom. The van der Waals surface area contributed by atoms with Gasteiger partial charge < -0.3 is 14.2 Å². The maximum absolute atomic E-state index is 12.9. The Morgan fingerprint density at radius 3 is 2.57 bits per heavy atom. The van der Waals surface area contributed by atoms with E-state index in [1.54, 1.807) is 42.5 Å². The van der Waals surface area contributed by atoms with Crippen molar-refractivity contribution in [1.29, 1.82) is 0 Å². The van der Waals surface area contributed by atoms with Crippen LogP contribution in [0.4, 0.5) is 0 Å². The number of halogens is 1. The van der Waals surface area contributed by atoms with Crippen LogP contribution in [0.15, 0.2) is 56.6 Å². The van der Waals surface area contributed by atoms with Gasteiger partial charge in [-0.15, -0.1) is 0 Å². The average Bonchev–Trinajstić information content (AvgIpc) is 3.19. The SMILES string of the molecule is CC(C)c1noc(CCn2c(=O)[nH]c3ccc(Oc4ccc(Cl)cc4)cc3c2=O)n1. The predicted molar refractivity (Wildman–Crippen MR) is 112 cm³/mol. The topological polar surface area (TPSA) is 103 Å². The molecule has 30 heavy (non-hydrogen) atoms. The van der Waals surface area contributed by atoms with E-state index in [9.17, 15) is 9.59 Å². The number of aromatic amines is 1. The lowest BCUT2D eigenvalue weighted by Crippen LogP contribution is -2.35. The number of H-pyrrole nitrogens is 1. The third kappa shape index (κ3) is 4.13. The second-order valence-corrected chi connectivity index (χ2v) is 7.54. The molecule has 1 N–H and O–H groups in total. The van der Waals surface area contributed by atoms with E-state index < -0.39 is 11.2 Å². The number of aromatic nitrogens is 4. The molecule has 0 aliphatic rings. The van der Waals surface area contributed by atoms with E-state index in [1.165, 1.54) is 0 Å². The number of hydrogen-bond acceptors (Lipinski definition) is 6. The summed E-state index contributed by atoms with van der Waals surface area (Å²) in [6.07, 6.45) is 0.273. The standard InChI is InChI=1S/C21H19ClN4O4/c1-12(2)19-24-18(30-25-19)9-10-26-20(27)16-11-15(7-8-17(16)23-21(26)28)29-14-5-3-13(22)4-6-14/h3-8,11-12H,9-10H2,1-2H3,(H,23,28). The zero-order chi connectivity index (χ0) is 21.3. The highest BCUT2D eigenvalue weighted by molar-refractivity contribution is 6.30. The molecule has 0 radical (unpaired) electrons. The van der Waals surface area contributed by atoms with Crippen molar-refractivity contribution in [3.05, 3.63) is 80.0 Å². The third-order valence-corrected chi connectivity index (χ3v) is 4.80. The van der Waals surface area contributed by atoms with E-state index in [1.807, 2.05) is 13.8 Å². The van der Waals surface area contributed by atoms with Gasteiger partial charge in [0.2, 0.25) is 5.89 Å². The molecule has 0 saturated heterocycles. The smallest absolute Gasteiger partial charge is 0.328 e. The number of aryl methyl sites for hydroxylation is 1. The lowest BCUT2D eigenvalue weighted by atomic mass is 10.2. The number of benzene rings is 2. The molecule has 8 nitrogen and oxygen atoms in total. The maximum Gasteiger partial charge on any atom is 0.328 e. The number of nitrogens with zero attached hydrogens (tertiary/aromatic N) is 3. The number of ether oxygens (including phenoxy) is 1. The van der Waals surface area contributed by atoms with Crippen LogP contribution in [-0.2, 0) is 13.0 Å². The van der Waals surface area contributed by atoms with Crippen molar-refractivity contribution in [3.8, 4) is 11.5 Å². The quantitative estimate of drug-likeness (QED) is 0.501. The fourth-order valence-electron chi connectivity index (χ4n) is 2.95. The molecule has 154 valence electrons. The minimum atomic E-state index is -0.498. The number of fused-ring (bicyclic) bond motifs is 1. The van der Waals surface area contributed by atoms with Gasteiger partial charge in [-0.3, -0.25) is 9.36 Å². The Kier molecular flexibility index (Phi) is 5.41. The van der Waals surface area contributed by atoms with E-state index in [0.29, 0.717) is 39.1 Å². The summed E-state index contributed by atoms with van der Waals surface area (Å²) in [4.78, 5) is 32.3. The zero-order valence-electron chi connectivity index (χ0n) is 16.4. The molecule has 0 saturated carbocycles. The van der Waals surface area contributed by atoms with Gasteiger partial charge in [-0.2, -0.15) is 4.98 Å². The zero-order valence-corrected chi connectivity index (χ0v) is 17.1. The highest BCUT2D eigenvalue weighted by Gasteiger charge is 2.13. The first-order valence-electron chi connectivity index (χ1n) is 9.43. The molecule has 2 aromatic heterocycles. The van der Waals surface area contributed by atoms with Gasteiger partial charge in [-0.25, -0.2) is 4.79 Å². The van der Waals surface area contributed by atoms with Crippen LogP contribution >= 0.6 is 11.6 Å². The summed E-state index contributed by atoms with van der Waals surface area (Å²) < 4.78 is 12.1. The Hall–Kier alpha value is -3.39. The largest absolute Gasteiger partial charge is 0.457 e. The molecule has 4 rings (SSSR count). The monoisotopic (exact) mass is 426 g/mol. The molecule has 0 aliphatic heterocycles. The summed E-state index contributed by atoms with van der Waals surface area (Å²) in [6.45, 7) is 4.03. The number of hydrogen-bond donors (Lipinski definition) is 1. The van der Waals surface area contributed by atoms with Gasteiger partial charge in [0.05, 0.1) is 10.9 Å². The van der Waals surface area contributed by atoms with Crippen molar-refractivity contribution in [2.45, 2.75) is 32.7 Å². The normalized spacial score (nSPS) is 11.3. The van der Waals surface area contributed by atoms with Crippen LogP contribution in [0.2, 0.25) is 5.02 Å². The number of nitrogens with one attached hydrogen (secondary N) is 1. The van der Waals surface area contributed by atoms with Crippen molar-refractivity contribution in [2.75, 3.05) is 0 Å². The van der Waals surface area contributed by atoms with Gasteiger partial charge in [0.1, 0.15) is 11.5 Å². The highest BCUT2D eigenvalue weighted by Crippen LogP contribution is 2.24. The van der Waals surface area contributed by atoms with Gasteiger partial charge in [-0.05, 0) is 42.5 Å². The molecule has 0 bridgehead atoms. The summed E-state index contributed by atoms with van der Waals surface area (Å²) in [5.41, 5.74) is -0.481. The molecule has 2 heterocycles. The summed E-state index contributed by atoms with van der Waals surface area (Å²) in [5, 5.41) is 4.84. The van der Waals surface area contributed by atoms with Crippen LogP contribution in [0.1, 0.15) is 31.5 Å². The van der Waals surface area contributed by atoms with Crippen LogP contribution in [-0.4, -0.2) is 19.7 Å². The fourth-order valence-corrected chi connectivity index (χ4v) is 3.07. The Balaban J connectivity index is 1.62. The van der Waals surface area contributed by atoms with Gasteiger partial charge >= 0.3 is 5.69 Å². The second kappa shape index (κ2) is 8.16. The van der Waals surface area contributed by atoms with Gasteiger partial charge in [0.25, 0.3) is 5.56 Å². The molecular weight excluding hydrogens is 408 g/mol. The molecule has 0 atom stereocenters. The minimum Gasteiger partial charge on any atom is -0.457 e. The first-order valence-corrected chi connectivity index (χ1v) is 9.81. The van der Waals surface area contributed by atoms with Gasteiger partial charge in [-0.1, -0.05) is 30.6 Å². The van der Waals surface area contributed by atoms with Crippen molar-refractivity contribution in [2.24, 2.45) is 0 Å². The molecule has 0 aliphatic carbocycles. The van der Waals surface area contributed by atoms with Crippen molar-refractivity contribution < 1.29 is 9.26 Å². The summed E-state index contributed by atoms with van der Waals surface area (Å²) in [7, 11) is 0. The van der Waals surface area contributed by atoms with E-state index in [-0.39, 0.29) is 18.9 Å². The van der Waals surface area contributed by atoms with E-state index in [0.717, 1.165) is 4.57 Å². The molecule has 4 aromatic rings.